The molecule has 0 bridgehead atoms. The molecule has 2 nitrogen and oxygen atoms in total. The Hall–Kier alpha value is -1.31. The summed E-state index contributed by atoms with van der Waals surface area (Å²) in [5.41, 5.74) is 3.98. The first-order valence-corrected chi connectivity index (χ1v) is 5.13. The lowest BCUT2D eigenvalue weighted by atomic mass is 10.1. The normalized spacial score (nSPS) is 18.7. The Labute approximate surface area is 83.6 Å². The van der Waals surface area contributed by atoms with Gasteiger partial charge in [0.15, 0.2) is 0 Å². The summed E-state index contributed by atoms with van der Waals surface area (Å²) in [6.07, 6.45) is 6.83. The lowest BCUT2D eigenvalue weighted by Crippen LogP contribution is -1.98. The van der Waals surface area contributed by atoms with Gasteiger partial charge in [0.05, 0.1) is 5.69 Å². The maximum Gasteiger partial charge on any atom is 0.137 e. The molecule has 14 heavy (non-hydrogen) atoms. The summed E-state index contributed by atoms with van der Waals surface area (Å²) in [5, 5.41) is 0. The molecule has 0 saturated heterocycles. The van der Waals surface area contributed by atoms with Gasteiger partial charge in [0.25, 0.3) is 0 Å². The molecule has 0 radical (unpaired) electrons. The van der Waals surface area contributed by atoms with E-state index in [1.165, 1.54) is 24.1 Å². The zero-order chi connectivity index (χ0) is 9.76. The van der Waals surface area contributed by atoms with Crippen LogP contribution in [0.15, 0.2) is 24.5 Å². The van der Waals surface area contributed by atoms with Crippen LogP contribution in [0.25, 0.3) is 5.65 Å². The van der Waals surface area contributed by atoms with Crippen molar-refractivity contribution in [2.45, 2.75) is 32.1 Å². The topological polar surface area (TPSA) is 17.3 Å². The highest BCUT2D eigenvalue weighted by Crippen LogP contribution is 2.46. The maximum absolute atomic E-state index is 4.67. The van der Waals surface area contributed by atoms with Gasteiger partial charge in [-0.25, -0.2) is 4.98 Å². The van der Waals surface area contributed by atoms with E-state index in [1.807, 2.05) is 0 Å². The summed E-state index contributed by atoms with van der Waals surface area (Å²) < 4.78 is 2.12. The minimum Gasteiger partial charge on any atom is -0.307 e. The number of imidazole rings is 1. The van der Waals surface area contributed by atoms with Crippen LogP contribution in [0.5, 0.6) is 0 Å². The molecule has 2 aromatic rings. The Balaban J connectivity index is 2.20. The van der Waals surface area contributed by atoms with Crippen LogP contribution in [-0.2, 0) is 5.41 Å². The molecule has 0 atom stereocenters. The number of rotatable bonds is 1. The Morgan fingerprint density at radius 2 is 2.21 bits per heavy atom. The van der Waals surface area contributed by atoms with E-state index >= 15 is 0 Å². The van der Waals surface area contributed by atoms with E-state index in [0.717, 1.165) is 5.65 Å². The van der Waals surface area contributed by atoms with Gasteiger partial charge in [-0.2, -0.15) is 0 Å². The summed E-state index contributed by atoms with van der Waals surface area (Å²) in [5.74, 6) is 0. The summed E-state index contributed by atoms with van der Waals surface area (Å²) in [7, 11) is 0. The van der Waals surface area contributed by atoms with Crippen molar-refractivity contribution in [1.29, 1.82) is 0 Å². The van der Waals surface area contributed by atoms with Crippen LogP contribution in [0.2, 0.25) is 0 Å². The first-order valence-electron chi connectivity index (χ1n) is 5.13. The predicted octanol–water partition coefficient (Wildman–Crippen LogP) is 2.69. The quantitative estimate of drug-likeness (QED) is 0.669. The van der Waals surface area contributed by atoms with Crippen molar-refractivity contribution in [1.82, 2.24) is 9.38 Å². The van der Waals surface area contributed by atoms with Gasteiger partial charge in [-0.3, -0.25) is 0 Å². The highest BCUT2D eigenvalue weighted by atomic mass is 15.0. The molecule has 1 aliphatic carbocycles. The van der Waals surface area contributed by atoms with Crippen molar-refractivity contribution in [2.24, 2.45) is 0 Å². The Bertz CT molecular complexity index is 492. The second kappa shape index (κ2) is 2.38. The van der Waals surface area contributed by atoms with E-state index in [2.05, 4.69) is 47.8 Å². The summed E-state index contributed by atoms with van der Waals surface area (Å²) in [6, 6.07) is 4.25. The van der Waals surface area contributed by atoms with Crippen LogP contribution in [0, 0.1) is 6.92 Å². The molecular weight excluding hydrogens is 172 g/mol. The number of hydrogen-bond acceptors (Lipinski definition) is 1. The fourth-order valence-corrected chi connectivity index (χ4v) is 1.82. The van der Waals surface area contributed by atoms with Gasteiger partial charge >= 0.3 is 0 Å². The molecule has 0 spiro atoms. The molecule has 1 aliphatic rings. The lowest BCUT2D eigenvalue weighted by Gasteiger charge is -1.99. The predicted molar refractivity (Wildman–Crippen MR) is 56.5 cm³/mol. The van der Waals surface area contributed by atoms with E-state index in [4.69, 9.17) is 0 Å². The van der Waals surface area contributed by atoms with Gasteiger partial charge in [0.1, 0.15) is 5.65 Å². The minimum atomic E-state index is 0.375. The van der Waals surface area contributed by atoms with Gasteiger partial charge in [0, 0.05) is 17.8 Å². The van der Waals surface area contributed by atoms with Crippen molar-refractivity contribution in [3.05, 3.63) is 35.8 Å². The summed E-state index contributed by atoms with van der Waals surface area (Å²) in [6.45, 7) is 4.40. The third kappa shape index (κ3) is 1.07. The monoisotopic (exact) mass is 186 g/mol. The molecule has 0 unspecified atom stereocenters. The van der Waals surface area contributed by atoms with E-state index in [0.29, 0.717) is 5.41 Å². The second-order valence-electron chi connectivity index (χ2n) is 4.66. The number of nitrogens with zero attached hydrogens (tertiary/aromatic N) is 2. The van der Waals surface area contributed by atoms with Crippen LogP contribution in [-0.4, -0.2) is 9.38 Å². The average Bonchev–Trinajstić information content (AvgIpc) is 2.77. The molecule has 2 heterocycles. The van der Waals surface area contributed by atoms with E-state index < -0.39 is 0 Å². The summed E-state index contributed by atoms with van der Waals surface area (Å²) in [4.78, 5) is 4.67. The molecule has 3 rings (SSSR count). The van der Waals surface area contributed by atoms with Crippen molar-refractivity contribution < 1.29 is 0 Å². The van der Waals surface area contributed by atoms with Crippen molar-refractivity contribution in [3.63, 3.8) is 0 Å². The van der Waals surface area contributed by atoms with Crippen LogP contribution in [0.3, 0.4) is 0 Å². The largest absolute Gasteiger partial charge is 0.307 e. The second-order valence-corrected chi connectivity index (χ2v) is 4.66. The molecule has 72 valence electrons. The van der Waals surface area contributed by atoms with E-state index in [1.54, 1.807) is 0 Å². The zero-order valence-electron chi connectivity index (χ0n) is 8.62. The van der Waals surface area contributed by atoms with Crippen LogP contribution in [0.1, 0.15) is 31.0 Å². The van der Waals surface area contributed by atoms with Crippen LogP contribution >= 0.6 is 0 Å². The number of aromatic nitrogens is 2. The highest BCUT2D eigenvalue weighted by molar-refractivity contribution is 5.44. The summed E-state index contributed by atoms with van der Waals surface area (Å²) >= 11 is 0. The molecule has 2 aromatic heterocycles. The van der Waals surface area contributed by atoms with Crippen molar-refractivity contribution >= 4 is 5.65 Å². The Kier molecular flexibility index (Phi) is 1.37. The van der Waals surface area contributed by atoms with Gasteiger partial charge in [-0.1, -0.05) is 6.92 Å². The van der Waals surface area contributed by atoms with Crippen molar-refractivity contribution in [3.8, 4) is 0 Å². The smallest absolute Gasteiger partial charge is 0.137 e. The SMILES string of the molecule is Cc1ccn2cc(C3(C)CC3)nc2c1. The first-order chi connectivity index (χ1) is 6.67. The number of fused-ring (bicyclic) bond motifs is 1. The highest BCUT2D eigenvalue weighted by Gasteiger charge is 2.41. The number of hydrogen-bond donors (Lipinski definition) is 0. The molecule has 0 amide bonds. The molecule has 0 aromatic carbocycles. The van der Waals surface area contributed by atoms with Crippen LogP contribution in [0.4, 0.5) is 0 Å². The average molecular weight is 186 g/mol. The number of pyridine rings is 1. The first kappa shape index (κ1) is 8.04. The lowest BCUT2D eigenvalue weighted by molar-refractivity contribution is 0.759. The molecule has 2 heteroatoms. The van der Waals surface area contributed by atoms with E-state index in [9.17, 15) is 0 Å². The van der Waals surface area contributed by atoms with Gasteiger partial charge in [-0.15, -0.1) is 0 Å². The Morgan fingerprint density at radius 3 is 2.93 bits per heavy atom. The van der Waals surface area contributed by atoms with Gasteiger partial charge in [-0.05, 0) is 37.5 Å². The van der Waals surface area contributed by atoms with Gasteiger partial charge in [0.2, 0.25) is 0 Å². The third-order valence-electron chi connectivity index (χ3n) is 3.23. The van der Waals surface area contributed by atoms with Crippen LogP contribution < -0.4 is 0 Å². The fourth-order valence-electron chi connectivity index (χ4n) is 1.82. The standard InChI is InChI=1S/C12H14N2/c1-9-3-6-14-8-10(12(2)4-5-12)13-11(14)7-9/h3,6-8H,4-5H2,1-2H3. The molecule has 1 saturated carbocycles. The molecule has 0 aliphatic heterocycles. The van der Waals surface area contributed by atoms with Crippen molar-refractivity contribution in [2.75, 3.05) is 0 Å². The van der Waals surface area contributed by atoms with E-state index in [-0.39, 0.29) is 0 Å². The minimum absolute atomic E-state index is 0.375. The maximum atomic E-state index is 4.67. The zero-order valence-corrected chi connectivity index (χ0v) is 8.62. The third-order valence-corrected chi connectivity index (χ3v) is 3.23. The number of aryl methyl sites for hydroxylation is 1. The molecule has 1 fully saturated rings. The fraction of sp³-hybridized carbons (Fsp3) is 0.417. The Morgan fingerprint density at radius 1 is 1.43 bits per heavy atom. The molecule has 0 N–H and O–H groups in total. The molecular formula is C12H14N2. The van der Waals surface area contributed by atoms with Gasteiger partial charge < -0.3 is 4.40 Å².